The summed E-state index contributed by atoms with van der Waals surface area (Å²) in [7, 11) is 0. The molecule has 0 aromatic heterocycles. The van der Waals surface area contributed by atoms with Crippen LogP contribution in [0.15, 0.2) is 0 Å². The predicted molar refractivity (Wildman–Crippen MR) is 69.3 cm³/mol. The maximum Gasteiger partial charge on any atom is 0.432 e. The van der Waals surface area contributed by atoms with E-state index in [0.29, 0.717) is 5.06 Å². The molecule has 114 valence electrons. The van der Waals surface area contributed by atoms with E-state index in [0.717, 1.165) is 0 Å². The Balaban J connectivity index is 2.26. The largest absolute Gasteiger partial charge is 0.432 e. The van der Waals surface area contributed by atoms with Crippen molar-refractivity contribution in [3.05, 3.63) is 0 Å². The molecular weight excluding hydrogens is 266 g/mol. The zero-order valence-corrected chi connectivity index (χ0v) is 12.0. The molecule has 0 aromatic rings. The summed E-state index contributed by atoms with van der Waals surface area (Å²) in [5.74, 6) is -1.05. The second kappa shape index (κ2) is 6.67. The Morgan fingerprint density at radius 2 is 1.90 bits per heavy atom. The fraction of sp³-hybridized carbons (Fsp3) is 0.750. The van der Waals surface area contributed by atoms with Crippen LogP contribution >= 0.6 is 0 Å². The van der Waals surface area contributed by atoms with E-state index in [1.54, 1.807) is 0 Å². The quantitative estimate of drug-likeness (QED) is 0.684. The van der Waals surface area contributed by atoms with Crippen molar-refractivity contribution in [2.75, 3.05) is 13.2 Å². The molecule has 1 aliphatic rings. The number of carbonyl (C=O) groups excluding carboxylic acids is 3. The van der Waals surface area contributed by atoms with Gasteiger partial charge in [0, 0.05) is 25.4 Å². The van der Waals surface area contributed by atoms with E-state index in [9.17, 15) is 14.4 Å². The number of amides is 3. The van der Waals surface area contributed by atoms with Crippen LogP contribution in [0, 0.1) is 0 Å². The van der Waals surface area contributed by atoms with Crippen LogP contribution in [0.5, 0.6) is 0 Å². The summed E-state index contributed by atoms with van der Waals surface area (Å²) in [5, 5.41) is 2.85. The summed E-state index contributed by atoms with van der Waals surface area (Å²) < 4.78 is 5.46. The fourth-order valence-electron chi connectivity index (χ4n) is 1.40. The lowest BCUT2D eigenvalue weighted by atomic mass is 10.2. The molecule has 0 saturated carbocycles. The molecule has 0 aliphatic carbocycles. The lowest BCUT2D eigenvalue weighted by Gasteiger charge is -2.22. The van der Waals surface area contributed by atoms with E-state index in [-0.39, 0.29) is 31.6 Å². The standard InChI is InChI=1S/C12H21N3O5/c1-12(2,3)19-7-8(13)6-14-11(18)20-15-9(16)4-5-10(15)17/h8H,4-7,13H2,1-3H3,(H,14,18)/t8-/m1/s1. The fourth-order valence-corrected chi connectivity index (χ4v) is 1.40. The Morgan fingerprint density at radius 1 is 1.35 bits per heavy atom. The molecule has 8 nitrogen and oxygen atoms in total. The van der Waals surface area contributed by atoms with Crippen molar-refractivity contribution in [2.24, 2.45) is 5.73 Å². The second-order valence-corrected chi connectivity index (χ2v) is 5.52. The highest BCUT2D eigenvalue weighted by atomic mass is 16.7. The van der Waals surface area contributed by atoms with Gasteiger partial charge in [0.25, 0.3) is 11.8 Å². The Labute approximate surface area is 117 Å². The second-order valence-electron chi connectivity index (χ2n) is 5.52. The molecule has 0 radical (unpaired) electrons. The number of ether oxygens (including phenoxy) is 1. The highest BCUT2D eigenvalue weighted by molar-refractivity contribution is 6.01. The average Bonchev–Trinajstić information content (AvgIpc) is 2.65. The van der Waals surface area contributed by atoms with Crippen molar-refractivity contribution in [3.63, 3.8) is 0 Å². The van der Waals surface area contributed by atoms with Crippen LogP contribution in [-0.4, -0.2) is 47.8 Å². The Hall–Kier alpha value is -1.67. The molecule has 1 heterocycles. The molecule has 8 heteroatoms. The first-order valence-electron chi connectivity index (χ1n) is 6.40. The first kappa shape index (κ1) is 16.4. The van der Waals surface area contributed by atoms with E-state index >= 15 is 0 Å². The van der Waals surface area contributed by atoms with Gasteiger partial charge < -0.3 is 20.6 Å². The molecule has 1 atom stereocenters. The smallest absolute Gasteiger partial charge is 0.374 e. The first-order valence-corrected chi connectivity index (χ1v) is 6.40. The van der Waals surface area contributed by atoms with E-state index in [1.165, 1.54) is 0 Å². The number of imide groups is 1. The molecule has 1 saturated heterocycles. The summed E-state index contributed by atoms with van der Waals surface area (Å²) in [4.78, 5) is 38.5. The van der Waals surface area contributed by atoms with Crippen LogP contribution in [0.1, 0.15) is 33.6 Å². The molecular formula is C12H21N3O5. The minimum atomic E-state index is -0.889. The van der Waals surface area contributed by atoms with E-state index in [2.05, 4.69) is 10.2 Å². The van der Waals surface area contributed by atoms with Gasteiger partial charge in [-0.25, -0.2) is 4.79 Å². The van der Waals surface area contributed by atoms with Crippen molar-refractivity contribution in [3.8, 4) is 0 Å². The maximum absolute atomic E-state index is 11.4. The molecule has 0 unspecified atom stereocenters. The molecule has 1 rings (SSSR count). The number of rotatable bonds is 5. The van der Waals surface area contributed by atoms with Crippen LogP contribution in [0.3, 0.4) is 0 Å². The van der Waals surface area contributed by atoms with Crippen LogP contribution in [0.2, 0.25) is 0 Å². The summed E-state index contributed by atoms with van der Waals surface area (Å²) in [5.41, 5.74) is 5.44. The third-order valence-electron chi connectivity index (χ3n) is 2.42. The highest BCUT2D eigenvalue weighted by Gasteiger charge is 2.32. The van der Waals surface area contributed by atoms with E-state index in [4.69, 9.17) is 10.5 Å². The molecule has 3 amide bonds. The van der Waals surface area contributed by atoms with Gasteiger partial charge in [0.05, 0.1) is 12.2 Å². The average molecular weight is 287 g/mol. The molecule has 0 bridgehead atoms. The van der Waals surface area contributed by atoms with E-state index in [1.807, 2.05) is 20.8 Å². The number of nitrogens with zero attached hydrogens (tertiary/aromatic N) is 1. The molecule has 0 aromatic carbocycles. The van der Waals surface area contributed by atoms with Gasteiger partial charge in [0.1, 0.15) is 0 Å². The summed E-state index contributed by atoms with van der Waals surface area (Å²) in [6.45, 7) is 6.07. The zero-order chi connectivity index (χ0) is 15.3. The van der Waals surface area contributed by atoms with Crippen LogP contribution in [0.4, 0.5) is 4.79 Å². The number of nitrogens with one attached hydrogen (secondary N) is 1. The van der Waals surface area contributed by atoms with Gasteiger partial charge in [-0.05, 0) is 20.8 Å². The van der Waals surface area contributed by atoms with E-state index < -0.39 is 23.9 Å². The lowest BCUT2D eigenvalue weighted by molar-refractivity contribution is -0.171. The van der Waals surface area contributed by atoms with Crippen LogP contribution < -0.4 is 11.1 Å². The number of carbonyl (C=O) groups is 3. The summed E-state index contributed by atoms with van der Waals surface area (Å²) in [6, 6.07) is -0.410. The molecule has 3 N–H and O–H groups in total. The van der Waals surface area contributed by atoms with Gasteiger partial charge in [-0.3, -0.25) is 9.59 Å². The van der Waals surface area contributed by atoms with Crippen LogP contribution in [0.25, 0.3) is 0 Å². The first-order chi connectivity index (χ1) is 9.19. The van der Waals surface area contributed by atoms with Gasteiger partial charge in [-0.1, -0.05) is 0 Å². The molecule has 1 fully saturated rings. The number of hydrogen-bond acceptors (Lipinski definition) is 6. The van der Waals surface area contributed by atoms with Gasteiger partial charge in [0.15, 0.2) is 0 Å². The predicted octanol–water partition coefficient (Wildman–Crippen LogP) is -0.0810. The van der Waals surface area contributed by atoms with Gasteiger partial charge in [-0.2, -0.15) is 0 Å². The normalized spacial score (nSPS) is 17.3. The molecule has 0 spiro atoms. The van der Waals surface area contributed by atoms with Crippen molar-refractivity contribution in [1.29, 1.82) is 0 Å². The van der Waals surface area contributed by atoms with Crippen molar-refractivity contribution in [2.45, 2.75) is 45.3 Å². The topological polar surface area (TPSA) is 111 Å². The highest BCUT2D eigenvalue weighted by Crippen LogP contribution is 2.11. The third kappa shape index (κ3) is 5.54. The van der Waals surface area contributed by atoms with Crippen molar-refractivity contribution in [1.82, 2.24) is 10.4 Å². The molecule has 1 aliphatic heterocycles. The Kier molecular flexibility index (Phi) is 5.46. The van der Waals surface area contributed by atoms with Crippen molar-refractivity contribution < 1.29 is 24.0 Å². The van der Waals surface area contributed by atoms with Gasteiger partial charge in [0.2, 0.25) is 0 Å². The SMILES string of the molecule is CC(C)(C)OC[C@H](N)CNC(=O)ON1C(=O)CCC1=O. The lowest BCUT2D eigenvalue weighted by Crippen LogP contribution is -2.44. The zero-order valence-electron chi connectivity index (χ0n) is 12.0. The van der Waals surface area contributed by atoms with Crippen molar-refractivity contribution >= 4 is 17.9 Å². The maximum atomic E-state index is 11.4. The Bertz CT molecular complexity index is 375. The number of hydroxylamine groups is 2. The van der Waals surface area contributed by atoms with Crippen LogP contribution in [-0.2, 0) is 19.2 Å². The minimum Gasteiger partial charge on any atom is -0.374 e. The molecule has 20 heavy (non-hydrogen) atoms. The minimum absolute atomic E-state index is 0.0606. The summed E-state index contributed by atoms with van der Waals surface area (Å²) >= 11 is 0. The monoisotopic (exact) mass is 287 g/mol. The number of nitrogens with two attached hydrogens (primary N) is 1. The summed E-state index contributed by atoms with van der Waals surface area (Å²) in [6.07, 6.45) is -0.768. The number of hydrogen-bond donors (Lipinski definition) is 2. The Morgan fingerprint density at radius 3 is 2.40 bits per heavy atom. The van der Waals surface area contributed by atoms with Gasteiger partial charge >= 0.3 is 6.09 Å². The third-order valence-corrected chi connectivity index (χ3v) is 2.42. The van der Waals surface area contributed by atoms with Gasteiger partial charge in [-0.15, -0.1) is 5.06 Å².